The van der Waals surface area contributed by atoms with Crippen LogP contribution in [0.15, 0.2) is 76.7 Å². The molecule has 0 bridgehead atoms. The molecule has 1 aromatic heterocycles. The number of thioether (sulfide) groups is 1. The summed E-state index contributed by atoms with van der Waals surface area (Å²) in [7, 11) is 0. The minimum atomic E-state index is -0.861. The number of fused-ring (bicyclic) bond motifs is 1. The quantitative estimate of drug-likeness (QED) is 0.321. The molecule has 4 aromatic rings. The zero-order valence-corrected chi connectivity index (χ0v) is 16.1. The van der Waals surface area contributed by atoms with E-state index < -0.39 is 17.2 Å². The number of para-hydroxylation sites is 1. The van der Waals surface area contributed by atoms with E-state index in [0.29, 0.717) is 10.9 Å². The van der Waals surface area contributed by atoms with E-state index in [4.69, 9.17) is 0 Å². The van der Waals surface area contributed by atoms with Crippen LogP contribution in [-0.4, -0.2) is 9.55 Å². The molecule has 0 saturated carbocycles. The third-order valence-electron chi connectivity index (χ3n) is 4.52. The lowest BCUT2D eigenvalue weighted by molar-refractivity contribution is 0.572. The number of aromatic nitrogens is 2. The van der Waals surface area contributed by atoms with E-state index in [0.717, 1.165) is 22.3 Å². The molecule has 0 aliphatic rings. The topological polar surface area (TPSA) is 34.9 Å². The summed E-state index contributed by atoms with van der Waals surface area (Å²) < 4.78 is 42.3. The van der Waals surface area contributed by atoms with Crippen LogP contribution in [0.3, 0.4) is 0 Å². The van der Waals surface area contributed by atoms with Crippen molar-refractivity contribution >= 4 is 22.7 Å². The number of nitrogens with zero attached hydrogens (tertiary/aromatic N) is 2. The molecule has 1 atom stereocenters. The lowest BCUT2D eigenvalue weighted by Crippen LogP contribution is -2.23. The lowest BCUT2D eigenvalue weighted by Gasteiger charge is -2.17. The molecule has 0 saturated heterocycles. The van der Waals surface area contributed by atoms with Crippen LogP contribution >= 0.6 is 11.8 Å². The van der Waals surface area contributed by atoms with Crippen LogP contribution in [0, 0.1) is 17.5 Å². The second kappa shape index (κ2) is 7.75. The highest BCUT2D eigenvalue weighted by Gasteiger charge is 2.19. The van der Waals surface area contributed by atoms with Crippen molar-refractivity contribution in [3.8, 4) is 5.69 Å². The van der Waals surface area contributed by atoms with E-state index in [1.165, 1.54) is 30.0 Å². The van der Waals surface area contributed by atoms with Gasteiger partial charge in [0.15, 0.2) is 5.16 Å². The van der Waals surface area contributed by atoms with Gasteiger partial charge >= 0.3 is 0 Å². The first kappa shape index (κ1) is 19.3. The molecule has 0 aliphatic heterocycles. The molecule has 0 radical (unpaired) electrons. The minimum absolute atomic E-state index is 0.0801. The Morgan fingerprint density at radius 2 is 1.62 bits per heavy atom. The third kappa shape index (κ3) is 3.78. The fourth-order valence-corrected chi connectivity index (χ4v) is 4.07. The molecular weight excluding hydrogens is 397 g/mol. The van der Waals surface area contributed by atoms with Crippen LogP contribution in [0.5, 0.6) is 0 Å². The monoisotopic (exact) mass is 412 g/mol. The van der Waals surface area contributed by atoms with Crippen molar-refractivity contribution in [1.29, 1.82) is 0 Å². The van der Waals surface area contributed by atoms with Crippen LogP contribution in [0.2, 0.25) is 0 Å². The normalized spacial score (nSPS) is 12.3. The predicted octanol–water partition coefficient (Wildman–Crippen LogP) is 5.66. The van der Waals surface area contributed by atoms with Gasteiger partial charge in [0.1, 0.15) is 17.5 Å². The first-order valence-corrected chi connectivity index (χ1v) is 9.71. The summed E-state index contributed by atoms with van der Waals surface area (Å²) in [6, 6.07) is 15.8. The maximum atomic E-state index is 14.5. The van der Waals surface area contributed by atoms with Crippen molar-refractivity contribution in [3.05, 3.63) is 100 Å². The molecule has 7 heteroatoms. The molecule has 29 heavy (non-hydrogen) atoms. The fraction of sp³-hybridized carbons (Fsp3) is 0.0909. The van der Waals surface area contributed by atoms with E-state index in [9.17, 15) is 18.0 Å². The summed E-state index contributed by atoms with van der Waals surface area (Å²) in [5, 5.41) is 0.393. The molecule has 3 nitrogen and oxygen atoms in total. The Balaban J connectivity index is 1.89. The fourth-order valence-electron chi connectivity index (χ4n) is 3.03. The molecule has 146 valence electrons. The van der Waals surface area contributed by atoms with Gasteiger partial charge in [0.25, 0.3) is 5.56 Å². The Bertz CT molecular complexity index is 1260. The number of hydrogen-bond acceptors (Lipinski definition) is 3. The second-order valence-corrected chi connectivity index (χ2v) is 7.77. The lowest BCUT2D eigenvalue weighted by atomic mass is 10.2. The first-order valence-electron chi connectivity index (χ1n) is 8.83. The summed E-state index contributed by atoms with van der Waals surface area (Å²) in [6.45, 7) is 1.88. The van der Waals surface area contributed by atoms with Gasteiger partial charge in [-0.15, -0.1) is 0 Å². The van der Waals surface area contributed by atoms with Gasteiger partial charge in [0, 0.05) is 11.3 Å². The highest BCUT2D eigenvalue weighted by Crippen LogP contribution is 2.35. The number of hydrogen-bond donors (Lipinski definition) is 0. The second-order valence-electron chi connectivity index (χ2n) is 6.46. The van der Waals surface area contributed by atoms with Gasteiger partial charge in [0.2, 0.25) is 0 Å². The van der Waals surface area contributed by atoms with Crippen molar-refractivity contribution in [1.82, 2.24) is 9.55 Å². The number of halogens is 3. The minimum Gasteiger partial charge on any atom is -0.268 e. The summed E-state index contributed by atoms with van der Waals surface area (Å²) in [6.07, 6.45) is 0. The summed E-state index contributed by atoms with van der Waals surface area (Å²) in [4.78, 5) is 17.7. The largest absolute Gasteiger partial charge is 0.268 e. The Morgan fingerprint density at radius 3 is 2.34 bits per heavy atom. The van der Waals surface area contributed by atoms with Gasteiger partial charge in [-0.3, -0.25) is 9.36 Å². The highest BCUT2D eigenvalue weighted by molar-refractivity contribution is 7.99. The Labute approximate surface area is 168 Å². The smallest absolute Gasteiger partial charge is 0.266 e. The summed E-state index contributed by atoms with van der Waals surface area (Å²) in [5.41, 5.74) is 0.772. The summed E-state index contributed by atoms with van der Waals surface area (Å²) >= 11 is 1.23. The zero-order valence-electron chi connectivity index (χ0n) is 15.3. The average Bonchev–Trinajstić information content (AvgIpc) is 2.70. The third-order valence-corrected chi connectivity index (χ3v) is 5.63. The predicted molar refractivity (Wildman–Crippen MR) is 108 cm³/mol. The maximum Gasteiger partial charge on any atom is 0.266 e. The van der Waals surface area contributed by atoms with Gasteiger partial charge in [-0.05, 0) is 48.9 Å². The van der Waals surface area contributed by atoms with Crippen LogP contribution in [0.1, 0.15) is 17.7 Å². The molecule has 0 amide bonds. The zero-order chi connectivity index (χ0) is 20.5. The van der Waals surface area contributed by atoms with Crippen LogP contribution in [0.25, 0.3) is 16.6 Å². The van der Waals surface area contributed by atoms with Crippen LogP contribution in [-0.2, 0) is 0 Å². The Morgan fingerprint density at radius 1 is 0.931 bits per heavy atom. The van der Waals surface area contributed by atoms with Gasteiger partial charge in [-0.25, -0.2) is 18.2 Å². The maximum absolute atomic E-state index is 14.5. The van der Waals surface area contributed by atoms with Crippen molar-refractivity contribution in [3.63, 3.8) is 0 Å². The standard InChI is InChI=1S/C22H15F3N2OS/c1-13(14-6-8-15(23)9-7-14)29-22-26-19-5-3-2-4-17(19)21(28)27(22)20-11-10-16(24)12-18(20)25/h2-13H,1H3/t13-/m1/s1. The van der Waals surface area contributed by atoms with Crippen molar-refractivity contribution in [2.45, 2.75) is 17.3 Å². The van der Waals surface area contributed by atoms with E-state index in [1.807, 2.05) is 6.92 Å². The molecule has 0 fully saturated rings. The molecule has 1 heterocycles. The van der Waals surface area contributed by atoms with Gasteiger partial charge in [0.05, 0.1) is 16.6 Å². The molecule has 0 spiro atoms. The molecule has 3 aromatic carbocycles. The van der Waals surface area contributed by atoms with E-state index >= 15 is 0 Å². The van der Waals surface area contributed by atoms with Crippen molar-refractivity contribution < 1.29 is 13.2 Å². The first-order chi connectivity index (χ1) is 13.9. The van der Waals surface area contributed by atoms with Crippen LogP contribution < -0.4 is 5.56 Å². The van der Waals surface area contributed by atoms with E-state index in [-0.39, 0.29) is 21.9 Å². The van der Waals surface area contributed by atoms with Gasteiger partial charge in [-0.1, -0.05) is 36.0 Å². The van der Waals surface area contributed by atoms with Gasteiger partial charge < -0.3 is 0 Å². The average molecular weight is 412 g/mol. The summed E-state index contributed by atoms with van der Waals surface area (Å²) in [5.74, 6) is -1.94. The SMILES string of the molecule is C[C@@H](Sc1nc2ccccc2c(=O)n1-c1ccc(F)cc1F)c1ccc(F)cc1. The van der Waals surface area contributed by atoms with Crippen molar-refractivity contribution in [2.75, 3.05) is 0 Å². The number of benzene rings is 3. The molecular formula is C22H15F3N2OS. The number of rotatable bonds is 4. The molecule has 0 unspecified atom stereocenters. The van der Waals surface area contributed by atoms with E-state index in [2.05, 4.69) is 4.98 Å². The molecule has 4 rings (SSSR count). The van der Waals surface area contributed by atoms with Crippen molar-refractivity contribution in [2.24, 2.45) is 0 Å². The Kier molecular flexibility index (Phi) is 5.15. The molecule has 0 N–H and O–H groups in total. The highest BCUT2D eigenvalue weighted by atomic mass is 32.2. The Hall–Kier alpha value is -3.06. The van der Waals surface area contributed by atoms with Gasteiger partial charge in [-0.2, -0.15) is 0 Å². The molecule has 0 aliphatic carbocycles. The van der Waals surface area contributed by atoms with Crippen LogP contribution in [0.4, 0.5) is 13.2 Å². The van der Waals surface area contributed by atoms with E-state index in [1.54, 1.807) is 36.4 Å².